The maximum atomic E-state index is 9.78. The minimum absolute atomic E-state index is 0.114. The number of anilines is 1. The molecule has 14 heteroatoms. The Bertz CT molecular complexity index is 2490. The topological polar surface area (TPSA) is 165 Å². The fraction of sp³-hybridized carbons (Fsp3) is 0.156. The largest absolute Gasteiger partial charge is 0.497 e. The zero-order valence-corrected chi connectivity index (χ0v) is 34.3. The van der Waals surface area contributed by atoms with Gasteiger partial charge in [0.05, 0.1) is 38.5 Å². The number of nitrogens with zero attached hydrogens (tertiary/aromatic N) is 7. The van der Waals surface area contributed by atoms with E-state index < -0.39 is 0 Å². The lowest BCUT2D eigenvalue weighted by atomic mass is 10.00. The van der Waals surface area contributed by atoms with Gasteiger partial charge in [0.2, 0.25) is 11.4 Å². The molecule has 0 saturated carbocycles. The maximum Gasteiger partial charge on any atom is 0.236 e. The van der Waals surface area contributed by atoms with E-state index in [1.807, 2.05) is 84.9 Å². The predicted molar refractivity (Wildman–Crippen MR) is 231 cm³/mol. The van der Waals surface area contributed by atoms with E-state index in [1.165, 1.54) is 29.7 Å². The molecule has 2 N–H and O–H groups in total. The van der Waals surface area contributed by atoms with E-state index in [0.29, 0.717) is 56.3 Å². The third kappa shape index (κ3) is 12.3. The van der Waals surface area contributed by atoms with Gasteiger partial charge in [0.15, 0.2) is 5.34 Å². The predicted octanol–water partition coefficient (Wildman–Crippen LogP) is 12.0. The quantitative estimate of drug-likeness (QED) is 0.0540. The molecule has 0 bridgehead atoms. The van der Waals surface area contributed by atoms with Gasteiger partial charge in [-0.25, -0.2) is 14.7 Å². The highest BCUT2D eigenvalue weighted by Gasteiger charge is 2.21. The van der Waals surface area contributed by atoms with Crippen molar-refractivity contribution in [2.75, 3.05) is 26.6 Å². The number of methoxy groups -OCH3 is 2. The number of hydrogen-bond donors (Lipinski definition) is 1. The van der Waals surface area contributed by atoms with Crippen molar-refractivity contribution in [2.24, 2.45) is 11.3 Å². The van der Waals surface area contributed by atoms with Crippen LogP contribution in [0.5, 0.6) is 11.5 Å². The first kappa shape index (κ1) is 44.4. The lowest BCUT2D eigenvalue weighted by Gasteiger charge is -2.13. The van der Waals surface area contributed by atoms with Gasteiger partial charge >= 0.3 is 0 Å². The van der Waals surface area contributed by atoms with Crippen LogP contribution < -0.4 is 15.2 Å². The zero-order valence-electron chi connectivity index (χ0n) is 32.6. The highest BCUT2D eigenvalue weighted by atomic mass is 32.2. The molecule has 0 aliphatic rings. The van der Waals surface area contributed by atoms with Crippen LogP contribution in [-0.2, 0) is 4.84 Å². The lowest BCUT2D eigenvalue weighted by molar-refractivity contribution is 0.128. The Balaban J connectivity index is 0.000000221. The van der Waals surface area contributed by atoms with Gasteiger partial charge in [-0.3, -0.25) is 4.98 Å². The van der Waals surface area contributed by atoms with Crippen LogP contribution in [-0.4, -0.2) is 30.8 Å². The van der Waals surface area contributed by atoms with Gasteiger partial charge in [-0.15, -0.1) is 4.91 Å². The van der Waals surface area contributed by atoms with Crippen LogP contribution in [0, 0.1) is 46.6 Å². The van der Waals surface area contributed by atoms with Crippen molar-refractivity contribution < 1.29 is 14.3 Å². The van der Waals surface area contributed by atoms with E-state index in [1.54, 1.807) is 38.5 Å². The average molecular weight is 819 g/mol. The molecule has 59 heavy (non-hydrogen) atoms. The molecule has 4 aromatic carbocycles. The van der Waals surface area contributed by atoms with Crippen molar-refractivity contribution in [3.63, 3.8) is 0 Å². The lowest BCUT2D eigenvalue weighted by Crippen LogP contribution is -1.99. The van der Waals surface area contributed by atoms with Crippen molar-refractivity contribution in [1.29, 1.82) is 10.5 Å². The van der Waals surface area contributed by atoms with E-state index in [9.17, 15) is 15.4 Å². The Morgan fingerprint density at radius 3 is 1.68 bits per heavy atom. The van der Waals surface area contributed by atoms with Crippen LogP contribution in [0.1, 0.15) is 31.4 Å². The molecular weight excluding hydrogens is 781 g/mol. The first-order valence-corrected chi connectivity index (χ1v) is 19.5. The number of benzene rings is 4. The second-order valence-electron chi connectivity index (χ2n) is 12.4. The number of nitrogen functional groups attached to an aromatic ring is 1. The Hall–Kier alpha value is -7.36. The molecule has 0 aliphatic carbocycles. The molecule has 0 aliphatic heterocycles. The van der Waals surface area contributed by atoms with E-state index in [-0.39, 0.29) is 11.5 Å². The fourth-order valence-corrected chi connectivity index (χ4v) is 7.01. The number of hydrogen-bond acceptors (Lipinski definition) is 12. The van der Waals surface area contributed by atoms with Crippen molar-refractivity contribution in [1.82, 2.24) is 9.97 Å². The molecule has 0 fully saturated rings. The Morgan fingerprint density at radius 2 is 1.24 bits per heavy atom. The van der Waals surface area contributed by atoms with Crippen molar-refractivity contribution in [2.45, 2.75) is 40.1 Å². The standard InChI is InChI=1S/C20H14N4OS.C20H13N3OS.C5H11NO2/c1-23-18-17(13-8-10-14(25-2)11-9-13)16(12-21)20(24-19(18)22)26-15-6-4-3-5-7-15;1-22-18-13-23-20(25-16-6-4-3-5-7-16)17(12-21)19(18)14-8-10-15(24-2)11-9-14;1-5(2)3-4-8-6-7/h3-11H,2H3,(H2,22,24);3-11,13H,2H3;5H,3-4H2,1-2H3. The van der Waals surface area contributed by atoms with E-state index in [4.69, 9.17) is 28.4 Å². The highest BCUT2D eigenvalue weighted by Crippen LogP contribution is 2.43. The van der Waals surface area contributed by atoms with E-state index in [2.05, 4.69) is 55.8 Å². The molecule has 0 radical (unpaired) electrons. The molecule has 6 rings (SSSR count). The summed E-state index contributed by atoms with van der Waals surface area (Å²) in [6, 6.07) is 38.3. The first-order chi connectivity index (χ1) is 28.7. The van der Waals surface area contributed by atoms with Gasteiger partial charge < -0.3 is 20.0 Å². The van der Waals surface area contributed by atoms with E-state index in [0.717, 1.165) is 33.1 Å². The molecule has 0 unspecified atom stereocenters. The van der Waals surface area contributed by atoms with Crippen molar-refractivity contribution in [3.8, 4) is 45.9 Å². The molecular formula is C45H38N8O4S2. The van der Waals surface area contributed by atoms with Crippen molar-refractivity contribution >= 4 is 40.7 Å². The molecule has 0 saturated heterocycles. The minimum atomic E-state index is 0.114. The molecule has 2 heterocycles. The smallest absolute Gasteiger partial charge is 0.236 e. The molecule has 2 aromatic heterocycles. The van der Waals surface area contributed by atoms with Gasteiger partial charge in [0, 0.05) is 27.1 Å². The molecule has 294 valence electrons. The number of ether oxygens (including phenoxy) is 2. The van der Waals surface area contributed by atoms with Gasteiger partial charge in [-0.05, 0) is 72.0 Å². The molecule has 0 amide bonds. The first-order valence-electron chi connectivity index (χ1n) is 17.8. The molecule has 0 atom stereocenters. The SMILES string of the molecule is CC(C)CCON=O.[C-]#[N+]c1c(N)nc(Sc2ccccc2)c(C#N)c1-c1ccc(OC)cc1.[C-]#[N+]c1cnc(Sc2ccccc2)c(C#N)c1-c1ccc(OC)cc1. The Labute approximate surface area is 352 Å². The maximum absolute atomic E-state index is 9.78. The molecule has 0 spiro atoms. The third-order valence-electron chi connectivity index (χ3n) is 8.16. The monoisotopic (exact) mass is 818 g/mol. The Kier molecular flexibility index (Phi) is 17.3. The van der Waals surface area contributed by atoms with Crippen LogP contribution in [0.2, 0.25) is 0 Å². The number of aromatic nitrogens is 2. The number of nitrogens with two attached hydrogens (primary N) is 1. The van der Waals surface area contributed by atoms with Crippen LogP contribution in [0.25, 0.3) is 31.9 Å². The summed E-state index contributed by atoms with van der Waals surface area (Å²) < 4.78 is 10.4. The summed E-state index contributed by atoms with van der Waals surface area (Å²) in [4.78, 5) is 31.2. The van der Waals surface area contributed by atoms with Crippen molar-refractivity contribution in [3.05, 3.63) is 154 Å². The summed E-state index contributed by atoms with van der Waals surface area (Å²) >= 11 is 2.76. The fourth-order valence-electron chi connectivity index (χ4n) is 5.23. The molecule has 6 aromatic rings. The second kappa shape index (κ2) is 23.0. The van der Waals surface area contributed by atoms with E-state index >= 15 is 0 Å². The highest BCUT2D eigenvalue weighted by molar-refractivity contribution is 7.99. The summed E-state index contributed by atoms with van der Waals surface area (Å²) in [6.07, 6.45) is 2.42. The summed E-state index contributed by atoms with van der Waals surface area (Å²) in [7, 11) is 3.18. The van der Waals surface area contributed by atoms with Crippen LogP contribution in [0.15, 0.2) is 141 Å². The van der Waals surface area contributed by atoms with Gasteiger partial charge in [0.25, 0.3) is 0 Å². The van der Waals surface area contributed by atoms with Gasteiger partial charge in [0.1, 0.15) is 46.1 Å². The van der Waals surface area contributed by atoms with Crippen LogP contribution in [0.4, 0.5) is 17.2 Å². The summed E-state index contributed by atoms with van der Waals surface area (Å²) in [6.45, 7) is 19.5. The number of rotatable bonds is 12. The summed E-state index contributed by atoms with van der Waals surface area (Å²) in [5, 5.41) is 22.8. The Morgan fingerprint density at radius 1 is 0.746 bits per heavy atom. The van der Waals surface area contributed by atoms with Crippen LogP contribution in [0.3, 0.4) is 0 Å². The molecule has 12 nitrogen and oxygen atoms in total. The normalized spacial score (nSPS) is 9.85. The minimum Gasteiger partial charge on any atom is -0.497 e. The average Bonchev–Trinajstić information content (AvgIpc) is 3.27. The number of pyridine rings is 2. The van der Waals surface area contributed by atoms with Crippen LogP contribution >= 0.6 is 23.5 Å². The summed E-state index contributed by atoms with van der Waals surface area (Å²) in [5.74, 6) is 2.11. The number of nitriles is 2. The van der Waals surface area contributed by atoms with Gasteiger partial charge in [-0.2, -0.15) is 10.5 Å². The summed E-state index contributed by atoms with van der Waals surface area (Å²) in [5.41, 5.74) is 9.94. The third-order valence-corrected chi connectivity index (χ3v) is 10.2. The zero-order chi connectivity index (χ0) is 42.6. The van der Waals surface area contributed by atoms with Gasteiger partial charge in [-0.1, -0.05) is 98.0 Å². The second-order valence-corrected chi connectivity index (χ2v) is 14.5.